The summed E-state index contributed by atoms with van der Waals surface area (Å²) in [7, 11) is 0. The van der Waals surface area contributed by atoms with Crippen LogP contribution >= 0.6 is 0 Å². The maximum absolute atomic E-state index is 12.0. The van der Waals surface area contributed by atoms with Crippen LogP contribution in [0.1, 0.15) is 80.1 Å². The van der Waals surface area contributed by atoms with Gasteiger partial charge in [-0.3, -0.25) is 0 Å². The first-order chi connectivity index (χ1) is 9.78. The zero-order valence-corrected chi connectivity index (χ0v) is 15.0. The molecule has 0 saturated carbocycles. The molecule has 0 heterocycles. The minimum absolute atomic E-state index is 0.215. The lowest BCUT2D eigenvalue weighted by molar-refractivity contribution is 0.0446. The molecule has 0 aromatic rings. The van der Waals surface area contributed by atoms with Crippen molar-refractivity contribution in [3.63, 3.8) is 0 Å². The first kappa shape index (κ1) is 20.2. The molecule has 0 aromatic carbocycles. The summed E-state index contributed by atoms with van der Waals surface area (Å²) >= 11 is 0. The Labute approximate surface area is 131 Å². The number of carbonyl (C=O) groups excluding carboxylic acids is 1. The molecule has 4 heteroatoms. The molecule has 0 radical (unpaired) electrons. The molecule has 1 amide bonds. The van der Waals surface area contributed by atoms with Gasteiger partial charge in [-0.25, -0.2) is 4.79 Å². The summed E-state index contributed by atoms with van der Waals surface area (Å²) < 4.78 is 5.38. The molecule has 4 nitrogen and oxygen atoms in total. The van der Waals surface area contributed by atoms with Crippen LogP contribution in [-0.2, 0) is 4.74 Å². The largest absolute Gasteiger partial charge is 0.444 e. The van der Waals surface area contributed by atoms with Crippen molar-refractivity contribution < 1.29 is 9.53 Å². The highest BCUT2D eigenvalue weighted by atomic mass is 16.6. The lowest BCUT2D eigenvalue weighted by atomic mass is 9.93. The molecule has 2 N–H and O–H groups in total. The van der Waals surface area contributed by atoms with E-state index in [0.29, 0.717) is 0 Å². The van der Waals surface area contributed by atoms with Crippen LogP contribution in [0.2, 0.25) is 0 Å². The van der Waals surface area contributed by atoms with Gasteiger partial charge in [-0.2, -0.15) is 0 Å². The van der Waals surface area contributed by atoms with Gasteiger partial charge in [-0.05, 0) is 46.6 Å². The van der Waals surface area contributed by atoms with Crippen molar-refractivity contribution in [3.8, 4) is 0 Å². The van der Waals surface area contributed by atoms with Gasteiger partial charge in [0, 0.05) is 6.54 Å². The molecule has 0 unspecified atom stereocenters. The molecule has 0 bridgehead atoms. The maximum atomic E-state index is 12.0. The fraction of sp³-hybridized carbons (Fsp3) is 0.941. The van der Waals surface area contributed by atoms with E-state index in [2.05, 4.69) is 31.4 Å². The second kappa shape index (κ2) is 10.0. The van der Waals surface area contributed by atoms with E-state index < -0.39 is 5.60 Å². The van der Waals surface area contributed by atoms with Crippen LogP contribution in [0.5, 0.6) is 0 Å². The number of ether oxygens (including phenoxy) is 1. The smallest absolute Gasteiger partial charge is 0.408 e. The molecule has 0 aromatic heterocycles. The quantitative estimate of drug-likeness (QED) is 0.593. The molecule has 21 heavy (non-hydrogen) atoms. The molecular formula is C17H36N2O2. The van der Waals surface area contributed by atoms with Crippen molar-refractivity contribution in [2.75, 3.05) is 13.1 Å². The van der Waals surface area contributed by atoms with Gasteiger partial charge in [-0.1, -0.05) is 40.0 Å². The van der Waals surface area contributed by atoms with Gasteiger partial charge in [0.25, 0.3) is 0 Å². The summed E-state index contributed by atoms with van der Waals surface area (Å²) in [6.07, 6.45) is 6.49. The van der Waals surface area contributed by atoms with Crippen LogP contribution in [0.25, 0.3) is 0 Å². The molecule has 0 spiro atoms. The molecule has 0 rings (SSSR count). The van der Waals surface area contributed by atoms with Gasteiger partial charge < -0.3 is 15.4 Å². The van der Waals surface area contributed by atoms with Crippen molar-refractivity contribution in [3.05, 3.63) is 0 Å². The zero-order chi connectivity index (χ0) is 16.4. The van der Waals surface area contributed by atoms with Crippen LogP contribution in [0.3, 0.4) is 0 Å². The third-order valence-electron chi connectivity index (χ3n) is 3.79. The van der Waals surface area contributed by atoms with Gasteiger partial charge in [0.2, 0.25) is 0 Å². The Hall–Kier alpha value is -0.770. The van der Waals surface area contributed by atoms with Crippen molar-refractivity contribution in [1.29, 1.82) is 0 Å². The highest BCUT2D eigenvalue weighted by Crippen LogP contribution is 2.16. The number of amides is 1. The van der Waals surface area contributed by atoms with Crippen LogP contribution in [0.4, 0.5) is 4.79 Å². The summed E-state index contributed by atoms with van der Waals surface area (Å²) in [5.74, 6) is 0. The van der Waals surface area contributed by atoms with E-state index in [4.69, 9.17) is 4.74 Å². The Balaban J connectivity index is 4.26. The molecule has 0 saturated heterocycles. The van der Waals surface area contributed by atoms with E-state index in [1.165, 1.54) is 25.7 Å². The Morgan fingerprint density at radius 2 is 1.62 bits per heavy atom. The molecule has 0 fully saturated rings. The van der Waals surface area contributed by atoms with Gasteiger partial charge in [0.1, 0.15) is 5.60 Å². The minimum Gasteiger partial charge on any atom is -0.444 e. The molecule has 0 atom stereocenters. The summed E-state index contributed by atoms with van der Waals surface area (Å²) in [6.45, 7) is 13.9. The summed E-state index contributed by atoms with van der Waals surface area (Å²) in [5.41, 5.74) is -0.669. The van der Waals surface area contributed by atoms with E-state index in [9.17, 15) is 4.79 Å². The fourth-order valence-electron chi connectivity index (χ4n) is 2.25. The summed E-state index contributed by atoms with van der Waals surface area (Å²) in [4.78, 5) is 12.0. The van der Waals surface area contributed by atoms with E-state index >= 15 is 0 Å². The predicted octanol–water partition coefficient (Wildman–Crippen LogP) is 4.24. The second-order valence-electron chi connectivity index (χ2n) is 6.85. The highest BCUT2D eigenvalue weighted by molar-refractivity contribution is 5.68. The molecule has 0 aliphatic carbocycles. The summed E-state index contributed by atoms with van der Waals surface area (Å²) in [5, 5.41) is 6.55. The van der Waals surface area contributed by atoms with Crippen molar-refractivity contribution in [1.82, 2.24) is 10.6 Å². The van der Waals surface area contributed by atoms with Crippen molar-refractivity contribution in [2.45, 2.75) is 91.2 Å². The normalized spacial score (nSPS) is 12.3. The first-order valence-electron chi connectivity index (χ1n) is 8.50. The maximum Gasteiger partial charge on any atom is 0.408 e. The van der Waals surface area contributed by atoms with E-state index in [0.717, 1.165) is 25.9 Å². The van der Waals surface area contributed by atoms with E-state index in [-0.39, 0.29) is 11.6 Å². The molecule has 0 aliphatic heterocycles. The zero-order valence-electron chi connectivity index (χ0n) is 15.0. The predicted molar refractivity (Wildman–Crippen MR) is 89.7 cm³/mol. The second-order valence-corrected chi connectivity index (χ2v) is 6.85. The van der Waals surface area contributed by atoms with E-state index in [1.54, 1.807) is 0 Å². The van der Waals surface area contributed by atoms with E-state index in [1.807, 2.05) is 20.8 Å². The van der Waals surface area contributed by atoms with Gasteiger partial charge in [0.05, 0.1) is 5.54 Å². The standard InChI is InChI=1S/C17H36N2O2/c1-7-10-11-12-13-18-14-17(8-2,9-3)19-15(20)21-16(4,5)6/h18H,7-14H2,1-6H3,(H,19,20). The number of hydrogen-bond donors (Lipinski definition) is 2. The topological polar surface area (TPSA) is 50.4 Å². The molecule has 126 valence electrons. The Kier molecular flexibility index (Phi) is 9.67. The number of hydrogen-bond acceptors (Lipinski definition) is 3. The molecule has 0 aliphatic rings. The number of carbonyl (C=O) groups is 1. The van der Waals surface area contributed by atoms with Gasteiger partial charge in [0.15, 0.2) is 0 Å². The minimum atomic E-state index is -0.453. The van der Waals surface area contributed by atoms with Gasteiger partial charge in [-0.15, -0.1) is 0 Å². The Morgan fingerprint density at radius 1 is 1.00 bits per heavy atom. The summed E-state index contributed by atoms with van der Waals surface area (Å²) in [6, 6.07) is 0. The highest BCUT2D eigenvalue weighted by Gasteiger charge is 2.29. The molecular weight excluding hydrogens is 264 g/mol. The van der Waals surface area contributed by atoms with Crippen molar-refractivity contribution in [2.24, 2.45) is 0 Å². The Morgan fingerprint density at radius 3 is 2.10 bits per heavy atom. The lowest BCUT2D eigenvalue weighted by Gasteiger charge is -2.34. The third kappa shape index (κ3) is 9.72. The van der Waals surface area contributed by atoms with Crippen LogP contribution in [-0.4, -0.2) is 30.3 Å². The number of alkyl carbamates (subject to hydrolysis) is 1. The van der Waals surface area contributed by atoms with Crippen LogP contribution in [0, 0.1) is 0 Å². The van der Waals surface area contributed by atoms with Crippen LogP contribution in [0.15, 0.2) is 0 Å². The average Bonchev–Trinajstić information content (AvgIpc) is 2.39. The first-order valence-corrected chi connectivity index (χ1v) is 8.50. The number of nitrogens with one attached hydrogen (secondary N) is 2. The van der Waals surface area contributed by atoms with Gasteiger partial charge >= 0.3 is 6.09 Å². The third-order valence-corrected chi connectivity index (χ3v) is 3.79. The fourth-order valence-corrected chi connectivity index (χ4v) is 2.25. The average molecular weight is 300 g/mol. The van der Waals surface area contributed by atoms with Crippen LogP contribution < -0.4 is 10.6 Å². The number of unbranched alkanes of at least 4 members (excludes halogenated alkanes) is 3. The Bertz CT molecular complexity index is 281. The lowest BCUT2D eigenvalue weighted by Crippen LogP contribution is -2.55. The van der Waals surface area contributed by atoms with Crippen molar-refractivity contribution >= 4 is 6.09 Å². The monoisotopic (exact) mass is 300 g/mol. The number of rotatable bonds is 10. The SMILES string of the molecule is CCCCCCNCC(CC)(CC)NC(=O)OC(C)(C)C.